The molecule has 2 atom stereocenters. The van der Waals surface area contributed by atoms with E-state index >= 15 is 0 Å². The van der Waals surface area contributed by atoms with Gasteiger partial charge in [0.25, 0.3) is 5.91 Å². The van der Waals surface area contributed by atoms with E-state index < -0.39 is 0 Å². The summed E-state index contributed by atoms with van der Waals surface area (Å²) >= 11 is 0. The van der Waals surface area contributed by atoms with Crippen LogP contribution in [-0.4, -0.2) is 27.2 Å². The zero-order chi connectivity index (χ0) is 15.5. The molecule has 0 spiro atoms. The van der Waals surface area contributed by atoms with E-state index in [0.717, 1.165) is 31.3 Å². The van der Waals surface area contributed by atoms with Gasteiger partial charge in [-0.15, -0.1) is 0 Å². The zero-order valence-electron chi connectivity index (χ0n) is 12.4. The second-order valence-electron chi connectivity index (χ2n) is 5.98. The Morgan fingerprint density at radius 1 is 1.36 bits per heavy atom. The van der Waals surface area contributed by atoms with Crippen LogP contribution in [0.15, 0.2) is 30.7 Å². The standard InChI is InChI=1S/C16H20N4O2/c17-14(21)9-11-2-1-3-13(8-11)19-16(22)12-4-6-20-7-5-18-15(20)10-12/h4-7,10-11,13H,1-3,8-9H2,(H2,17,21)(H,19,22)/t11-,13-/m0/s1. The van der Waals surface area contributed by atoms with Gasteiger partial charge in [0.1, 0.15) is 5.65 Å². The number of primary amides is 1. The van der Waals surface area contributed by atoms with Crippen molar-refractivity contribution < 1.29 is 9.59 Å². The van der Waals surface area contributed by atoms with Gasteiger partial charge in [-0.2, -0.15) is 0 Å². The van der Waals surface area contributed by atoms with Crippen LogP contribution in [0.4, 0.5) is 0 Å². The van der Waals surface area contributed by atoms with Crippen LogP contribution >= 0.6 is 0 Å². The van der Waals surface area contributed by atoms with Gasteiger partial charge in [-0.05, 0) is 37.3 Å². The minimum Gasteiger partial charge on any atom is -0.370 e. The Balaban J connectivity index is 1.64. The molecule has 0 radical (unpaired) electrons. The number of hydrogen-bond acceptors (Lipinski definition) is 3. The highest BCUT2D eigenvalue weighted by atomic mass is 16.2. The van der Waals surface area contributed by atoms with E-state index in [1.165, 1.54) is 0 Å². The smallest absolute Gasteiger partial charge is 0.251 e. The zero-order valence-corrected chi connectivity index (χ0v) is 12.4. The molecule has 3 rings (SSSR count). The van der Waals surface area contributed by atoms with E-state index in [4.69, 9.17) is 5.73 Å². The number of amides is 2. The minimum atomic E-state index is -0.262. The Labute approximate surface area is 128 Å². The molecule has 0 saturated heterocycles. The average molecular weight is 300 g/mol. The lowest BCUT2D eigenvalue weighted by Gasteiger charge is -2.29. The number of rotatable bonds is 4. The van der Waals surface area contributed by atoms with Crippen molar-refractivity contribution in [3.05, 3.63) is 36.3 Å². The van der Waals surface area contributed by atoms with Crippen LogP contribution in [0.25, 0.3) is 5.65 Å². The Morgan fingerprint density at radius 2 is 2.23 bits per heavy atom. The molecule has 0 unspecified atom stereocenters. The van der Waals surface area contributed by atoms with Crippen LogP contribution in [-0.2, 0) is 4.79 Å². The number of nitrogens with zero attached hydrogens (tertiary/aromatic N) is 2. The monoisotopic (exact) mass is 300 g/mol. The molecule has 3 N–H and O–H groups in total. The lowest BCUT2D eigenvalue weighted by Crippen LogP contribution is -2.39. The molecule has 0 bridgehead atoms. The molecule has 22 heavy (non-hydrogen) atoms. The number of aromatic nitrogens is 2. The fraction of sp³-hybridized carbons (Fsp3) is 0.438. The van der Waals surface area contributed by atoms with Gasteiger partial charge in [0, 0.05) is 36.6 Å². The Bertz CT molecular complexity index is 694. The second kappa shape index (κ2) is 6.17. The maximum Gasteiger partial charge on any atom is 0.251 e. The molecule has 2 heterocycles. The maximum atomic E-state index is 12.4. The number of hydrogen-bond donors (Lipinski definition) is 2. The largest absolute Gasteiger partial charge is 0.370 e. The van der Waals surface area contributed by atoms with Crippen molar-refractivity contribution in [2.45, 2.75) is 38.1 Å². The van der Waals surface area contributed by atoms with Gasteiger partial charge in [0.2, 0.25) is 5.91 Å². The number of nitrogens with one attached hydrogen (secondary N) is 1. The molecule has 1 aliphatic carbocycles. The van der Waals surface area contributed by atoms with E-state index in [0.29, 0.717) is 12.0 Å². The summed E-state index contributed by atoms with van der Waals surface area (Å²) < 4.78 is 1.86. The number of imidazole rings is 1. The quantitative estimate of drug-likeness (QED) is 0.896. The summed E-state index contributed by atoms with van der Waals surface area (Å²) in [6.07, 6.45) is 9.57. The molecule has 1 fully saturated rings. The molecule has 0 aliphatic heterocycles. The van der Waals surface area contributed by atoms with Gasteiger partial charge < -0.3 is 15.5 Å². The Kier molecular flexibility index (Phi) is 4.09. The summed E-state index contributed by atoms with van der Waals surface area (Å²) in [6.45, 7) is 0. The number of nitrogens with two attached hydrogens (primary N) is 1. The van der Waals surface area contributed by atoms with Crippen molar-refractivity contribution in [3.8, 4) is 0 Å². The predicted octanol–water partition coefficient (Wildman–Crippen LogP) is 1.50. The van der Waals surface area contributed by atoms with Crippen molar-refractivity contribution in [2.24, 2.45) is 11.7 Å². The third kappa shape index (κ3) is 3.27. The molecule has 116 valence electrons. The Morgan fingerprint density at radius 3 is 3.05 bits per heavy atom. The highest BCUT2D eigenvalue weighted by Crippen LogP contribution is 2.26. The van der Waals surface area contributed by atoms with Crippen molar-refractivity contribution in [1.29, 1.82) is 0 Å². The van der Waals surface area contributed by atoms with Gasteiger partial charge >= 0.3 is 0 Å². The summed E-state index contributed by atoms with van der Waals surface area (Å²) in [7, 11) is 0. The first-order chi connectivity index (χ1) is 10.6. The molecule has 2 amide bonds. The van der Waals surface area contributed by atoms with E-state index in [2.05, 4.69) is 10.3 Å². The lowest BCUT2D eigenvalue weighted by atomic mass is 9.83. The molecular formula is C16H20N4O2. The van der Waals surface area contributed by atoms with Crippen LogP contribution in [0.1, 0.15) is 42.5 Å². The van der Waals surface area contributed by atoms with Crippen LogP contribution < -0.4 is 11.1 Å². The van der Waals surface area contributed by atoms with Crippen LogP contribution in [0.3, 0.4) is 0 Å². The number of pyridine rings is 1. The SMILES string of the molecule is NC(=O)C[C@H]1CCC[C@H](NC(=O)c2ccn3ccnc3c2)C1. The molecule has 0 aromatic carbocycles. The van der Waals surface area contributed by atoms with E-state index in [-0.39, 0.29) is 23.8 Å². The third-order valence-corrected chi connectivity index (χ3v) is 4.27. The molecule has 2 aromatic rings. The fourth-order valence-electron chi connectivity index (χ4n) is 3.21. The van der Waals surface area contributed by atoms with Crippen molar-refractivity contribution in [3.63, 3.8) is 0 Å². The summed E-state index contributed by atoms with van der Waals surface area (Å²) in [4.78, 5) is 27.6. The topological polar surface area (TPSA) is 89.5 Å². The van der Waals surface area contributed by atoms with Gasteiger partial charge in [0.15, 0.2) is 0 Å². The highest BCUT2D eigenvalue weighted by Gasteiger charge is 2.24. The third-order valence-electron chi connectivity index (χ3n) is 4.27. The van der Waals surface area contributed by atoms with Gasteiger partial charge in [-0.1, -0.05) is 6.42 Å². The maximum absolute atomic E-state index is 12.4. The van der Waals surface area contributed by atoms with E-state index in [1.54, 1.807) is 18.3 Å². The molecule has 6 nitrogen and oxygen atoms in total. The second-order valence-corrected chi connectivity index (χ2v) is 5.98. The van der Waals surface area contributed by atoms with Gasteiger partial charge in [0.05, 0.1) is 0 Å². The van der Waals surface area contributed by atoms with Crippen molar-refractivity contribution in [1.82, 2.24) is 14.7 Å². The normalized spacial score (nSPS) is 21.6. The predicted molar refractivity (Wildman–Crippen MR) is 82.2 cm³/mol. The van der Waals surface area contributed by atoms with Gasteiger partial charge in [-0.25, -0.2) is 4.98 Å². The molecule has 1 aliphatic rings. The lowest BCUT2D eigenvalue weighted by molar-refractivity contribution is -0.119. The van der Waals surface area contributed by atoms with Crippen LogP contribution in [0, 0.1) is 5.92 Å². The van der Waals surface area contributed by atoms with Crippen molar-refractivity contribution in [2.75, 3.05) is 0 Å². The number of fused-ring (bicyclic) bond motifs is 1. The number of carbonyl (C=O) groups excluding carboxylic acids is 2. The summed E-state index contributed by atoms with van der Waals surface area (Å²) in [5.74, 6) is -0.0664. The van der Waals surface area contributed by atoms with E-state index in [9.17, 15) is 9.59 Å². The minimum absolute atomic E-state index is 0.0878. The highest BCUT2D eigenvalue weighted by molar-refractivity contribution is 5.95. The first-order valence-corrected chi connectivity index (χ1v) is 7.63. The summed E-state index contributed by atoms with van der Waals surface area (Å²) in [6, 6.07) is 3.67. The van der Waals surface area contributed by atoms with Gasteiger partial charge in [-0.3, -0.25) is 9.59 Å². The number of carbonyl (C=O) groups is 2. The summed E-state index contributed by atoms with van der Waals surface area (Å²) in [5.41, 5.74) is 6.63. The first kappa shape index (κ1) is 14.6. The molecular weight excluding hydrogens is 280 g/mol. The van der Waals surface area contributed by atoms with Crippen molar-refractivity contribution >= 4 is 17.5 Å². The van der Waals surface area contributed by atoms with Crippen LogP contribution in [0.2, 0.25) is 0 Å². The summed E-state index contributed by atoms with van der Waals surface area (Å²) in [5, 5.41) is 3.07. The molecule has 2 aromatic heterocycles. The Hall–Kier alpha value is -2.37. The fourth-order valence-corrected chi connectivity index (χ4v) is 3.21. The first-order valence-electron chi connectivity index (χ1n) is 7.63. The molecule has 1 saturated carbocycles. The van der Waals surface area contributed by atoms with E-state index in [1.807, 2.05) is 16.8 Å². The van der Waals surface area contributed by atoms with Crippen LogP contribution in [0.5, 0.6) is 0 Å². The average Bonchev–Trinajstić information content (AvgIpc) is 2.94. The molecule has 6 heteroatoms.